The maximum atomic E-state index is 13.2. The lowest BCUT2D eigenvalue weighted by atomic mass is 10.1. The number of nitrogens with one attached hydrogen (secondary N) is 1. The van der Waals surface area contributed by atoms with E-state index in [0.717, 1.165) is 34.4 Å². The van der Waals surface area contributed by atoms with E-state index < -0.39 is 0 Å². The third kappa shape index (κ3) is 3.24. The topological polar surface area (TPSA) is 66.8 Å². The minimum absolute atomic E-state index is 0.0215. The van der Waals surface area contributed by atoms with Gasteiger partial charge in [0.05, 0.1) is 28.6 Å². The van der Waals surface area contributed by atoms with Crippen molar-refractivity contribution >= 4 is 39.6 Å². The summed E-state index contributed by atoms with van der Waals surface area (Å²) in [6, 6.07) is 13.4. The fraction of sp³-hybridized carbons (Fsp3) is 0.286. The summed E-state index contributed by atoms with van der Waals surface area (Å²) in [7, 11) is 0. The number of carbonyl (C=O) groups is 1. The Labute approximate surface area is 168 Å². The fourth-order valence-corrected chi connectivity index (χ4v) is 3.73. The Bertz CT molecular complexity index is 1130. The molecule has 28 heavy (non-hydrogen) atoms. The zero-order chi connectivity index (χ0) is 19.8. The Morgan fingerprint density at radius 2 is 1.96 bits per heavy atom. The van der Waals surface area contributed by atoms with Gasteiger partial charge in [0.25, 0.3) is 5.91 Å². The van der Waals surface area contributed by atoms with E-state index in [1.54, 1.807) is 4.90 Å². The molecule has 2 aromatic heterocycles. The molecule has 0 aliphatic carbocycles. The van der Waals surface area contributed by atoms with Gasteiger partial charge in [0.15, 0.2) is 0 Å². The molecule has 0 bridgehead atoms. The van der Waals surface area contributed by atoms with E-state index in [4.69, 9.17) is 11.6 Å². The van der Waals surface area contributed by atoms with Crippen molar-refractivity contribution in [2.75, 3.05) is 0 Å². The number of aromatic amines is 1. The average molecular weight is 396 g/mol. The van der Waals surface area contributed by atoms with Crippen LogP contribution in [0.15, 0.2) is 42.5 Å². The molecule has 4 aromatic rings. The number of aryl methyl sites for hydroxylation is 1. The highest BCUT2D eigenvalue weighted by molar-refractivity contribution is 6.29. The van der Waals surface area contributed by atoms with Crippen molar-refractivity contribution in [3.63, 3.8) is 0 Å². The molecule has 144 valence electrons. The zero-order valence-electron chi connectivity index (χ0n) is 16.1. The molecule has 0 aliphatic rings. The number of hydrogen-bond acceptors (Lipinski definition) is 3. The second-order valence-electron chi connectivity index (χ2n) is 7.06. The Hall–Kier alpha value is -2.86. The molecule has 4 rings (SSSR count). The van der Waals surface area contributed by atoms with Crippen LogP contribution in [0.3, 0.4) is 0 Å². The van der Waals surface area contributed by atoms with Crippen molar-refractivity contribution in [2.45, 2.75) is 39.9 Å². The first kappa shape index (κ1) is 18.5. The molecule has 7 heteroatoms. The maximum absolute atomic E-state index is 13.2. The van der Waals surface area contributed by atoms with E-state index in [1.807, 2.05) is 67.8 Å². The van der Waals surface area contributed by atoms with Crippen LogP contribution >= 0.6 is 11.6 Å². The molecule has 0 saturated heterocycles. The van der Waals surface area contributed by atoms with Crippen LogP contribution in [0.25, 0.3) is 22.1 Å². The first-order chi connectivity index (χ1) is 13.5. The van der Waals surface area contributed by atoms with Gasteiger partial charge >= 0.3 is 0 Å². The van der Waals surface area contributed by atoms with E-state index in [0.29, 0.717) is 17.4 Å². The van der Waals surface area contributed by atoms with Gasteiger partial charge in [0.2, 0.25) is 5.28 Å². The molecule has 0 aliphatic heterocycles. The highest BCUT2D eigenvalue weighted by Gasteiger charge is 2.21. The molecule has 1 amide bonds. The summed E-state index contributed by atoms with van der Waals surface area (Å²) in [6.45, 7) is 7.16. The van der Waals surface area contributed by atoms with Crippen LogP contribution in [0.5, 0.6) is 0 Å². The Balaban J connectivity index is 1.65. The van der Waals surface area contributed by atoms with Crippen LogP contribution in [0.1, 0.15) is 37.0 Å². The van der Waals surface area contributed by atoms with Gasteiger partial charge in [-0.15, -0.1) is 0 Å². The van der Waals surface area contributed by atoms with Crippen molar-refractivity contribution < 1.29 is 4.79 Å². The minimum atomic E-state index is -0.0560. The van der Waals surface area contributed by atoms with Crippen molar-refractivity contribution in [1.82, 2.24) is 24.4 Å². The number of imidazole rings is 2. The van der Waals surface area contributed by atoms with Crippen LogP contribution in [0.2, 0.25) is 5.28 Å². The van der Waals surface area contributed by atoms with E-state index in [1.165, 1.54) is 0 Å². The van der Waals surface area contributed by atoms with Gasteiger partial charge in [0.1, 0.15) is 5.82 Å². The summed E-state index contributed by atoms with van der Waals surface area (Å²) in [6.07, 6.45) is 0. The Morgan fingerprint density at radius 1 is 1.18 bits per heavy atom. The van der Waals surface area contributed by atoms with Gasteiger partial charge in [-0.05, 0) is 62.7 Å². The summed E-state index contributed by atoms with van der Waals surface area (Å²) in [5.41, 5.74) is 4.11. The van der Waals surface area contributed by atoms with Crippen LogP contribution in [0.4, 0.5) is 0 Å². The lowest BCUT2D eigenvalue weighted by Gasteiger charge is -2.26. The van der Waals surface area contributed by atoms with Crippen LogP contribution in [-0.2, 0) is 13.1 Å². The average Bonchev–Trinajstić information content (AvgIpc) is 3.23. The van der Waals surface area contributed by atoms with Crippen LogP contribution < -0.4 is 0 Å². The molecule has 0 fully saturated rings. The number of H-pyrrole nitrogens is 1. The molecule has 2 aromatic carbocycles. The van der Waals surface area contributed by atoms with E-state index in [9.17, 15) is 4.79 Å². The first-order valence-corrected chi connectivity index (χ1v) is 9.76. The Morgan fingerprint density at radius 3 is 2.68 bits per heavy atom. The zero-order valence-corrected chi connectivity index (χ0v) is 16.9. The monoisotopic (exact) mass is 395 g/mol. The lowest BCUT2D eigenvalue weighted by molar-refractivity contribution is 0.0686. The van der Waals surface area contributed by atoms with Crippen LogP contribution in [-0.4, -0.2) is 36.4 Å². The summed E-state index contributed by atoms with van der Waals surface area (Å²) in [5.74, 6) is 0.710. The SMILES string of the molecule is CCn1c(Cl)nc2cc(C(=O)N(Cc3nc4ccccc4[nH]3)C(C)C)ccc21. The van der Waals surface area contributed by atoms with Gasteiger partial charge in [-0.3, -0.25) is 4.79 Å². The van der Waals surface area contributed by atoms with E-state index >= 15 is 0 Å². The van der Waals surface area contributed by atoms with Crippen molar-refractivity contribution in [2.24, 2.45) is 0 Å². The molecule has 1 N–H and O–H groups in total. The largest absolute Gasteiger partial charge is 0.340 e. The Kier molecular flexibility index (Phi) is 4.81. The molecule has 0 unspecified atom stereocenters. The normalized spacial score (nSPS) is 11.6. The third-order valence-electron chi connectivity index (χ3n) is 4.91. The number of hydrogen-bond donors (Lipinski definition) is 1. The first-order valence-electron chi connectivity index (χ1n) is 9.38. The fourth-order valence-electron chi connectivity index (χ4n) is 3.43. The number of benzene rings is 2. The van der Waals surface area contributed by atoms with Gasteiger partial charge in [-0.2, -0.15) is 0 Å². The number of nitrogens with zero attached hydrogens (tertiary/aromatic N) is 4. The molecule has 6 nitrogen and oxygen atoms in total. The van der Waals surface area contributed by atoms with Crippen molar-refractivity contribution in [3.8, 4) is 0 Å². The van der Waals surface area contributed by atoms with E-state index in [-0.39, 0.29) is 11.9 Å². The van der Waals surface area contributed by atoms with Crippen molar-refractivity contribution in [3.05, 3.63) is 59.1 Å². The molecule has 0 spiro atoms. The number of carbonyl (C=O) groups excluding carboxylic acids is 1. The highest BCUT2D eigenvalue weighted by Crippen LogP contribution is 2.23. The highest BCUT2D eigenvalue weighted by atomic mass is 35.5. The number of para-hydroxylation sites is 2. The van der Waals surface area contributed by atoms with Gasteiger partial charge in [0, 0.05) is 18.2 Å². The molecule has 0 atom stereocenters. The molecule has 0 saturated carbocycles. The molecule has 2 heterocycles. The summed E-state index contributed by atoms with van der Waals surface area (Å²) >= 11 is 6.20. The molecular formula is C21H22ClN5O. The predicted octanol–water partition coefficient (Wildman–Crippen LogP) is 4.64. The van der Waals surface area contributed by atoms with Gasteiger partial charge in [-0.25, -0.2) is 9.97 Å². The number of aromatic nitrogens is 4. The second-order valence-corrected chi connectivity index (χ2v) is 7.39. The van der Waals surface area contributed by atoms with E-state index in [2.05, 4.69) is 15.0 Å². The quantitative estimate of drug-likeness (QED) is 0.535. The molecular weight excluding hydrogens is 374 g/mol. The number of fused-ring (bicyclic) bond motifs is 2. The summed E-state index contributed by atoms with van der Waals surface area (Å²) < 4.78 is 1.92. The maximum Gasteiger partial charge on any atom is 0.254 e. The number of amides is 1. The molecule has 0 radical (unpaired) electrons. The third-order valence-corrected chi connectivity index (χ3v) is 5.20. The number of halogens is 1. The standard InChI is InChI=1S/C21H22ClN5O/c1-4-26-18-10-9-14(11-17(18)25-21(26)22)20(28)27(13(2)3)12-19-23-15-7-5-6-8-16(15)24-19/h5-11,13H,4,12H2,1-3H3,(H,23,24). The van der Waals surface area contributed by atoms with Crippen LogP contribution in [0, 0.1) is 0 Å². The number of rotatable bonds is 5. The van der Waals surface area contributed by atoms with Gasteiger partial charge in [-0.1, -0.05) is 12.1 Å². The summed E-state index contributed by atoms with van der Waals surface area (Å²) in [5, 5.41) is 0.435. The minimum Gasteiger partial charge on any atom is -0.340 e. The predicted molar refractivity (Wildman–Crippen MR) is 112 cm³/mol. The van der Waals surface area contributed by atoms with Crippen molar-refractivity contribution in [1.29, 1.82) is 0 Å². The second kappa shape index (κ2) is 7.28. The van der Waals surface area contributed by atoms with Gasteiger partial charge < -0.3 is 14.5 Å². The lowest BCUT2D eigenvalue weighted by Crippen LogP contribution is -2.36. The smallest absolute Gasteiger partial charge is 0.254 e. The summed E-state index contributed by atoms with van der Waals surface area (Å²) in [4.78, 5) is 27.3.